The lowest BCUT2D eigenvalue weighted by molar-refractivity contribution is -0.236. The zero-order valence-electron chi connectivity index (χ0n) is 15.5. The molecule has 9 heteroatoms. The van der Waals surface area contributed by atoms with Crippen molar-refractivity contribution < 1.29 is 28.5 Å². The first-order valence-corrected chi connectivity index (χ1v) is 9.11. The van der Waals surface area contributed by atoms with Crippen molar-refractivity contribution in [2.24, 2.45) is 5.41 Å². The highest BCUT2D eigenvalue weighted by Gasteiger charge is 2.41. The Balaban J connectivity index is 1.63. The highest BCUT2D eigenvalue weighted by atomic mass is 19.1. The second kappa shape index (κ2) is 7.50. The van der Waals surface area contributed by atoms with Crippen LogP contribution in [0.4, 0.5) is 10.2 Å². The summed E-state index contributed by atoms with van der Waals surface area (Å²) in [5.74, 6) is -0.0531. The van der Waals surface area contributed by atoms with Gasteiger partial charge in [-0.15, -0.1) is 0 Å². The molecular formula is C19H22FN3O5. The molecule has 150 valence electrons. The number of rotatable bonds is 4. The lowest BCUT2D eigenvalue weighted by atomic mass is 9.92. The number of imidazole rings is 1. The van der Waals surface area contributed by atoms with Crippen LogP contribution in [0.1, 0.15) is 19.0 Å². The molecule has 2 saturated heterocycles. The number of hydrogen-bond donors (Lipinski definition) is 2. The molecule has 4 rings (SSSR count). The van der Waals surface area contributed by atoms with Crippen LogP contribution in [0, 0.1) is 11.2 Å². The van der Waals surface area contributed by atoms with E-state index >= 15 is 0 Å². The van der Waals surface area contributed by atoms with Crippen LogP contribution in [0.2, 0.25) is 0 Å². The first-order chi connectivity index (χ1) is 13.5. The minimum atomic E-state index is -1.09. The number of carboxylic acids is 1. The summed E-state index contributed by atoms with van der Waals surface area (Å²) in [6, 6.07) is 6.12. The number of morpholine rings is 1. The fraction of sp³-hybridized carbons (Fsp3) is 0.474. The molecule has 28 heavy (non-hydrogen) atoms. The topological polar surface area (TPSA) is 96.9 Å². The summed E-state index contributed by atoms with van der Waals surface area (Å²) in [6.07, 6.45) is -0.790. The number of nitrogens with zero attached hydrogens (tertiary/aromatic N) is 2. The van der Waals surface area contributed by atoms with Gasteiger partial charge in [0.2, 0.25) is 6.29 Å². The van der Waals surface area contributed by atoms with E-state index in [-0.39, 0.29) is 19.0 Å². The van der Waals surface area contributed by atoms with E-state index in [9.17, 15) is 14.3 Å². The van der Waals surface area contributed by atoms with Gasteiger partial charge in [-0.1, -0.05) is 0 Å². The number of ether oxygens (including phenoxy) is 3. The molecule has 2 aliphatic heterocycles. The number of aromatic nitrogens is 2. The Morgan fingerprint density at radius 1 is 1.25 bits per heavy atom. The second-order valence-electron chi connectivity index (χ2n) is 7.25. The number of nitrogens with one attached hydrogen (secondary N) is 1. The minimum Gasteiger partial charge on any atom is -0.481 e. The number of benzene rings is 1. The summed E-state index contributed by atoms with van der Waals surface area (Å²) in [6.45, 7) is 4.21. The Kier molecular flexibility index (Phi) is 5.05. The van der Waals surface area contributed by atoms with Crippen LogP contribution in [-0.2, 0) is 19.0 Å². The average molecular weight is 391 g/mol. The summed E-state index contributed by atoms with van der Waals surface area (Å²) >= 11 is 0. The largest absolute Gasteiger partial charge is 0.481 e. The van der Waals surface area contributed by atoms with Gasteiger partial charge in [-0.25, -0.2) is 9.37 Å². The highest BCUT2D eigenvalue weighted by molar-refractivity contribution is 5.75. The Morgan fingerprint density at radius 2 is 1.89 bits per heavy atom. The van der Waals surface area contributed by atoms with Crippen LogP contribution in [0.5, 0.6) is 0 Å². The van der Waals surface area contributed by atoms with E-state index in [1.165, 1.54) is 12.1 Å². The molecule has 1 aromatic carbocycles. The third-order valence-corrected chi connectivity index (χ3v) is 4.99. The Hall–Kier alpha value is -2.49. The van der Waals surface area contributed by atoms with E-state index in [4.69, 9.17) is 14.2 Å². The highest BCUT2D eigenvalue weighted by Crippen LogP contribution is 2.35. The van der Waals surface area contributed by atoms with Crippen LogP contribution in [-0.4, -0.2) is 60.6 Å². The summed E-state index contributed by atoms with van der Waals surface area (Å²) in [4.78, 5) is 21.4. The zero-order chi connectivity index (χ0) is 19.7. The maximum atomic E-state index is 13.3. The van der Waals surface area contributed by atoms with Gasteiger partial charge in [-0.3, -0.25) is 4.79 Å². The van der Waals surface area contributed by atoms with Gasteiger partial charge in [0.1, 0.15) is 22.7 Å². The molecule has 0 bridgehead atoms. The fourth-order valence-corrected chi connectivity index (χ4v) is 3.21. The molecule has 0 spiro atoms. The van der Waals surface area contributed by atoms with Crippen molar-refractivity contribution in [2.75, 3.05) is 44.4 Å². The number of carboxylic acid groups (broad SMARTS) is 1. The predicted octanol–water partition coefficient (Wildman–Crippen LogP) is 2.19. The summed E-state index contributed by atoms with van der Waals surface area (Å²) in [5, 5.41) is 9.31. The van der Waals surface area contributed by atoms with Crippen LogP contribution >= 0.6 is 0 Å². The van der Waals surface area contributed by atoms with Crippen LogP contribution < -0.4 is 4.90 Å². The van der Waals surface area contributed by atoms with Crippen molar-refractivity contribution in [2.45, 2.75) is 13.2 Å². The number of aromatic amines is 1. The molecule has 8 nitrogen and oxygen atoms in total. The van der Waals surface area contributed by atoms with Gasteiger partial charge < -0.3 is 29.2 Å². The maximum Gasteiger partial charge on any atom is 0.314 e. The van der Waals surface area contributed by atoms with Crippen molar-refractivity contribution in [3.05, 3.63) is 35.9 Å². The zero-order valence-corrected chi connectivity index (χ0v) is 15.5. The normalized spacial score (nSPS) is 25.6. The monoisotopic (exact) mass is 391 g/mol. The van der Waals surface area contributed by atoms with E-state index in [0.29, 0.717) is 37.8 Å². The molecule has 0 unspecified atom stereocenters. The number of anilines is 1. The molecule has 3 heterocycles. The molecule has 0 radical (unpaired) electrons. The second-order valence-corrected chi connectivity index (χ2v) is 7.25. The lowest BCUT2D eigenvalue weighted by Crippen LogP contribution is -2.42. The molecule has 0 saturated carbocycles. The number of H-pyrrole nitrogens is 1. The van der Waals surface area contributed by atoms with Gasteiger partial charge in [-0.05, 0) is 31.2 Å². The fourth-order valence-electron chi connectivity index (χ4n) is 3.21. The number of aliphatic carboxylic acids is 1. The van der Waals surface area contributed by atoms with Crippen molar-refractivity contribution in [1.82, 2.24) is 9.97 Å². The van der Waals surface area contributed by atoms with Crippen molar-refractivity contribution in [1.29, 1.82) is 0 Å². The number of hydrogen-bond acceptors (Lipinski definition) is 6. The molecule has 2 aliphatic rings. The van der Waals surface area contributed by atoms with Crippen molar-refractivity contribution >= 4 is 11.8 Å². The van der Waals surface area contributed by atoms with Crippen LogP contribution in [0.3, 0.4) is 0 Å². The molecule has 0 atom stereocenters. The smallest absolute Gasteiger partial charge is 0.314 e. The van der Waals surface area contributed by atoms with E-state index in [0.717, 1.165) is 11.4 Å². The van der Waals surface area contributed by atoms with Gasteiger partial charge in [0.15, 0.2) is 5.82 Å². The van der Waals surface area contributed by atoms with Gasteiger partial charge in [0, 0.05) is 18.7 Å². The maximum absolute atomic E-state index is 13.3. The first-order valence-electron chi connectivity index (χ1n) is 9.11. The Morgan fingerprint density at radius 3 is 2.50 bits per heavy atom. The molecular weight excluding hydrogens is 369 g/mol. The quantitative estimate of drug-likeness (QED) is 0.825. The van der Waals surface area contributed by atoms with E-state index in [1.54, 1.807) is 19.1 Å². The third-order valence-electron chi connectivity index (χ3n) is 4.99. The van der Waals surface area contributed by atoms with Crippen molar-refractivity contribution in [3.63, 3.8) is 0 Å². The third kappa shape index (κ3) is 3.60. The first kappa shape index (κ1) is 18.9. The van der Waals surface area contributed by atoms with E-state index in [1.807, 2.05) is 0 Å². The number of carbonyl (C=O) groups is 1. The van der Waals surface area contributed by atoms with Gasteiger partial charge >= 0.3 is 5.97 Å². The number of halogens is 1. The summed E-state index contributed by atoms with van der Waals surface area (Å²) in [7, 11) is 0. The Bertz CT molecular complexity index is 840. The molecule has 0 aliphatic carbocycles. The molecule has 2 fully saturated rings. The predicted molar refractivity (Wildman–Crippen MR) is 97.4 cm³/mol. The van der Waals surface area contributed by atoms with Crippen LogP contribution in [0.15, 0.2) is 24.3 Å². The van der Waals surface area contributed by atoms with E-state index in [2.05, 4.69) is 14.9 Å². The molecule has 0 amide bonds. The van der Waals surface area contributed by atoms with Gasteiger partial charge in [-0.2, -0.15) is 0 Å². The van der Waals surface area contributed by atoms with Gasteiger partial charge in [0.25, 0.3) is 0 Å². The molecule has 2 aromatic rings. The van der Waals surface area contributed by atoms with Crippen molar-refractivity contribution in [3.8, 4) is 11.3 Å². The van der Waals surface area contributed by atoms with Gasteiger partial charge in [0.05, 0.1) is 26.4 Å². The molecule has 1 aromatic heterocycles. The Labute approximate surface area is 161 Å². The van der Waals surface area contributed by atoms with E-state index < -0.39 is 17.7 Å². The molecule has 2 N–H and O–H groups in total. The average Bonchev–Trinajstić information content (AvgIpc) is 3.15. The lowest BCUT2D eigenvalue weighted by Gasteiger charge is -2.33. The summed E-state index contributed by atoms with van der Waals surface area (Å²) < 4.78 is 30.1. The standard InChI is InChI=1S/C19H22FN3O5/c1-19(18(24)25)10-27-17(28-11-19)15-21-14(12-2-4-13(20)5-3-12)16(22-15)23-6-8-26-9-7-23/h2-5,17H,6-11H2,1H3,(H,21,22)(H,24,25). The summed E-state index contributed by atoms with van der Waals surface area (Å²) in [5.41, 5.74) is 0.336. The minimum absolute atomic E-state index is 0.0203. The SMILES string of the molecule is CC1(C(=O)O)COC(c2nc(-c3ccc(F)cc3)c(N3CCOCC3)[nH]2)OC1. The van der Waals surface area contributed by atoms with Crippen LogP contribution in [0.25, 0.3) is 11.3 Å².